The zero-order valence-electron chi connectivity index (χ0n) is 9.17. The van der Waals surface area contributed by atoms with E-state index in [1.54, 1.807) is 0 Å². The van der Waals surface area contributed by atoms with Gasteiger partial charge in [-0.1, -0.05) is 6.07 Å². The SMILES string of the molecule is Nc1ccc(NS(=O)(=O)c2cccc(F)c2)nc1. The zero-order chi connectivity index (χ0) is 13.2. The minimum Gasteiger partial charge on any atom is -0.397 e. The number of hydrogen-bond acceptors (Lipinski definition) is 4. The van der Waals surface area contributed by atoms with Gasteiger partial charge in [-0.2, -0.15) is 0 Å². The van der Waals surface area contributed by atoms with Crippen LogP contribution in [0.3, 0.4) is 0 Å². The molecule has 2 aromatic rings. The lowest BCUT2D eigenvalue weighted by atomic mass is 10.4. The Kier molecular flexibility index (Phi) is 3.15. The number of aromatic nitrogens is 1. The quantitative estimate of drug-likeness (QED) is 0.884. The predicted octanol–water partition coefficient (Wildman–Crippen LogP) is 1.60. The lowest BCUT2D eigenvalue weighted by Gasteiger charge is -2.07. The number of pyridine rings is 1. The summed E-state index contributed by atoms with van der Waals surface area (Å²) in [5.41, 5.74) is 5.85. The Morgan fingerprint density at radius 3 is 2.61 bits per heavy atom. The van der Waals surface area contributed by atoms with Crippen LogP contribution in [0.2, 0.25) is 0 Å². The van der Waals surface area contributed by atoms with Crippen molar-refractivity contribution in [3.63, 3.8) is 0 Å². The molecule has 0 amide bonds. The minimum absolute atomic E-state index is 0.119. The van der Waals surface area contributed by atoms with E-state index >= 15 is 0 Å². The van der Waals surface area contributed by atoms with E-state index in [2.05, 4.69) is 9.71 Å². The molecule has 7 heteroatoms. The average Bonchev–Trinajstić information content (AvgIpc) is 2.32. The molecule has 2 rings (SSSR count). The second-order valence-electron chi connectivity index (χ2n) is 3.54. The number of nitrogen functional groups attached to an aromatic ring is 1. The van der Waals surface area contributed by atoms with E-state index in [4.69, 9.17) is 5.73 Å². The highest BCUT2D eigenvalue weighted by molar-refractivity contribution is 7.92. The van der Waals surface area contributed by atoms with Gasteiger partial charge in [0.05, 0.1) is 16.8 Å². The van der Waals surface area contributed by atoms with Crippen LogP contribution in [0.25, 0.3) is 0 Å². The number of benzene rings is 1. The number of nitrogens with zero attached hydrogens (tertiary/aromatic N) is 1. The van der Waals surface area contributed by atoms with Gasteiger partial charge in [-0.15, -0.1) is 0 Å². The summed E-state index contributed by atoms with van der Waals surface area (Å²) >= 11 is 0. The van der Waals surface area contributed by atoms with E-state index in [0.29, 0.717) is 5.69 Å². The van der Waals surface area contributed by atoms with Crippen molar-refractivity contribution in [2.45, 2.75) is 4.90 Å². The Labute approximate surface area is 104 Å². The van der Waals surface area contributed by atoms with E-state index < -0.39 is 15.8 Å². The third kappa shape index (κ3) is 2.75. The summed E-state index contributed by atoms with van der Waals surface area (Å²) in [6.07, 6.45) is 1.32. The molecule has 0 fully saturated rings. The maximum atomic E-state index is 13.0. The van der Waals surface area contributed by atoms with Gasteiger partial charge in [0.25, 0.3) is 10.0 Å². The first-order chi connectivity index (χ1) is 8.47. The number of nitrogens with two attached hydrogens (primary N) is 1. The number of sulfonamides is 1. The van der Waals surface area contributed by atoms with Crippen LogP contribution < -0.4 is 10.5 Å². The van der Waals surface area contributed by atoms with Crippen LogP contribution in [0.1, 0.15) is 0 Å². The topological polar surface area (TPSA) is 85.1 Å². The van der Waals surface area contributed by atoms with Crippen molar-refractivity contribution in [2.24, 2.45) is 0 Å². The minimum atomic E-state index is -3.84. The molecule has 0 saturated heterocycles. The standard InChI is InChI=1S/C11H10FN3O2S/c12-8-2-1-3-10(6-8)18(16,17)15-11-5-4-9(13)7-14-11/h1-7H,13H2,(H,14,15). The predicted molar refractivity (Wildman–Crippen MR) is 65.9 cm³/mol. The molecule has 18 heavy (non-hydrogen) atoms. The average molecular weight is 267 g/mol. The van der Waals surface area contributed by atoms with Crippen LogP contribution in [0, 0.1) is 5.82 Å². The highest BCUT2D eigenvalue weighted by atomic mass is 32.2. The van der Waals surface area contributed by atoms with Crippen molar-refractivity contribution in [3.8, 4) is 0 Å². The third-order valence-corrected chi connectivity index (χ3v) is 3.48. The fourth-order valence-electron chi connectivity index (χ4n) is 1.30. The lowest BCUT2D eigenvalue weighted by Crippen LogP contribution is -2.14. The first kappa shape index (κ1) is 12.3. The Balaban J connectivity index is 2.30. The fraction of sp³-hybridized carbons (Fsp3) is 0. The Bertz CT molecular complexity index is 656. The van der Waals surface area contributed by atoms with Crippen molar-refractivity contribution in [1.29, 1.82) is 0 Å². The molecule has 0 bridgehead atoms. The number of rotatable bonds is 3. The molecule has 0 unspecified atom stereocenters. The van der Waals surface area contributed by atoms with Gasteiger partial charge < -0.3 is 5.73 Å². The number of halogens is 1. The van der Waals surface area contributed by atoms with E-state index in [9.17, 15) is 12.8 Å². The first-order valence-electron chi connectivity index (χ1n) is 4.97. The highest BCUT2D eigenvalue weighted by Gasteiger charge is 2.15. The largest absolute Gasteiger partial charge is 0.397 e. The van der Waals surface area contributed by atoms with E-state index in [1.807, 2.05) is 0 Å². The maximum Gasteiger partial charge on any atom is 0.263 e. The Morgan fingerprint density at radius 1 is 1.22 bits per heavy atom. The molecule has 0 spiro atoms. The van der Waals surface area contributed by atoms with Gasteiger partial charge in [0, 0.05) is 0 Å². The Morgan fingerprint density at radius 2 is 2.00 bits per heavy atom. The van der Waals surface area contributed by atoms with E-state index in [0.717, 1.165) is 6.07 Å². The summed E-state index contributed by atoms with van der Waals surface area (Å²) in [5.74, 6) is -0.503. The van der Waals surface area contributed by atoms with Crippen molar-refractivity contribution in [3.05, 3.63) is 48.4 Å². The summed E-state index contributed by atoms with van der Waals surface area (Å²) < 4.78 is 39.0. The molecule has 1 aromatic heterocycles. The molecule has 94 valence electrons. The van der Waals surface area contributed by atoms with E-state index in [1.165, 1.54) is 36.5 Å². The second kappa shape index (κ2) is 4.61. The monoisotopic (exact) mass is 267 g/mol. The van der Waals surface area contributed by atoms with Gasteiger partial charge in [-0.25, -0.2) is 17.8 Å². The molecule has 0 aliphatic carbocycles. The molecule has 0 aliphatic rings. The van der Waals surface area contributed by atoms with Gasteiger partial charge in [0.15, 0.2) is 0 Å². The zero-order valence-corrected chi connectivity index (χ0v) is 9.99. The molecule has 3 N–H and O–H groups in total. The summed E-state index contributed by atoms with van der Waals surface area (Å²) in [6, 6.07) is 7.64. The smallest absolute Gasteiger partial charge is 0.263 e. The first-order valence-corrected chi connectivity index (χ1v) is 6.45. The molecule has 1 heterocycles. The normalized spacial score (nSPS) is 11.2. The molecule has 0 atom stereocenters. The van der Waals surface area contributed by atoms with Gasteiger partial charge in [-0.3, -0.25) is 4.72 Å². The van der Waals surface area contributed by atoms with Crippen molar-refractivity contribution < 1.29 is 12.8 Å². The summed E-state index contributed by atoms with van der Waals surface area (Å²) in [5, 5.41) is 0. The molecule has 0 radical (unpaired) electrons. The number of hydrogen-bond donors (Lipinski definition) is 2. The van der Waals surface area contributed by atoms with Crippen LogP contribution in [-0.4, -0.2) is 13.4 Å². The third-order valence-electron chi connectivity index (χ3n) is 2.13. The van der Waals surface area contributed by atoms with Gasteiger partial charge in [0.2, 0.25) is 0 Å². The fourth-order valence-corrected chi connectivity index (χ4v) is 2.34. The van der Waals surface area contributed by atoms with Crippen LogP contribution >= 0.6 is 0 Å². The van der Waals surface area contributed by atoms with Crippen molar-refractivity contribution in [2.75, 3.05) is 10.5 Å². The van der Waals surface area contributed by atoms with Crippen LogP contribution in [0.5, 0.6) is 0 Å². The van der Waals surface area contributed by atoms with Gasteiger partial charge >= 0.3 is 0 Å². The van der Waals surface area contributed by atoms with Gasteiger partial charge in [-0.05, 0) is 30.3 Å². The Hall–Kier alpha value is -2.15. The van der Waals surface area contributed by atoms with E-state index in [-0.39, 0.29) is 10.7 Å². The molecule has 5 nitrogen and oxygen atoms in total. The summed E-state index contributed by atoms with van der Waals surface area (Å²) in [6.45, 7) is 0. The van der Waals surface area contributed by atoms with Crippen molar-refractivity contribution >= 4 is 21.5 Å². The van der Waals surface area contributed by atoms with Crippen molar-refractivity contribution in [1.82, 2.24) is 4.98 Å². The van der Waals surface area contributed by atoms with Crippen LogP contribution in [0.4, 0.5) is 15.9 Å². The number of nitrogens with one attached hydrogen (secondary N) is 1. The molecule has 0 saturated carbocycles. The summed E-state index contributed by atoms with van der Waals surface area (Å²) in [7, 11) is -3.84. The molecular formula is C11H10FN3O2S. The summed E-state index contributed by atoms with van der Waals surface area (Å²) in [4.78, 5) is 3.64. The highest BCUT2D eigenvalue weighted by Crippen LogP contribution is 2.15. The van der Waals surface area contributed by atoms with Gasteiger partial charge in [0.1, 0.15) is 11.6 Å². The molecule has 0 aliphatic heterocycles. The van der Waals surface area contributed by atoms with Crippen LogP contribution in [0.15, 0.2) is 47.5 Å². The van der Waals surface area contributed by atoms with Crippen LogP contribution in [-0.2, 0) is 10.0 Å². The maximum absolute atomic E-state index is 13.0. The molecule has 1 aromatic carbocycles. The lowest BCUT2D eigenvalue weighted by molar-refractivity contribution is 0.595. The second-order valence-corrected chi connectivity index (χ2v) is 5.22. The molecular weight excluding hydrogens is 257 g/mol. The number of anilines is 2.